The molecule has 0 fully saturated rings. The molecule has 0 aliphatic heterocycles. The van der Waals surface area contributed by atoms with Crippen molar-refractivity contribution in [3.63, 3.8) is 0 Å². The molecule has 6 heteroatoms. The predicted molar refractivity (Wildman–Crippen MR) is 78.3 cm³/mol. The third-order valence-electron chi connectivity index (χ3n) is 3.22. The number of carbonyl (C=O) groups is 1. The highest BCUT2D eigenvalue weighted by molar-refractivity contribution is 5.76. The quantitative estimate of drug-likeness (QED) is 0.767. The Morgan fingerprint density at radius 3 is 2.81 bits per heavy atom. The van der Waals surface area contributed by atoms with Crippen LogP contribution in [0.25, 0.3) is 0 Å². The summed E-state index contributed by atoms with van der Waals surface area (Å²) in [6.07, 6.45) is 5.03. The summed E-state index contributed by atoms with van der Waals surface area (Å²) in [5.41, 5.74) is 1.01. The molecule has 6 nitrogen and oxygen atoms in total. The molecule has 1 heterocycles. The molecule has 2 rings (SSSR count). The number of carbonyl (C=O) groups excluding carboxylic acids is 1. The summed E-state index contributed by atoms with van der Waals surface area (Å²) in [4.78, 5) is 12.0. The maximum absolute atomic E-state index is 12.0. The molecule has 0 saturated carbocycles. The molecule has 1 amide bonds. The summed E-state index contributed by atoms with van der Waals surface area (Å²) in [5, 5.41) is 19.7. The van der Waals surface area contributed by atoms with Gasteiger partial charge in [0.15, 0.2) is 0 Å². The van der Waals surface area contributed by atoms with Gasteiger partial charge in [-0.2, -0.15) is 0 Å². The summed E-state index contributed by atoms with van der Waals surface area (Å²) in [7, 11) is 0. The van der Waals surface area contributed by atoms with E-state index in [2.05, 4.69) is 15.6 Å². The largest absolute Gasteiger partial charge is 0.396 e. The molecule has 0 aliphatic carbocycles. The van der Waals surface area contributed by atoms with Gasteiger partial charge in [0.1, 0.15) is 0 Å². The molecule has 1 aromatic heterocycles. The standard InChI is InChI=1S/C15H20N4O2/c20-12-8-14(13-5-2-1-3-6-13)17-15(21)7-4-10-19-11-9-16-18-19/h1-3,5-6,9,11,14,20H,4,7-8,10,12H2,(H,17,21). The maximum Gasteiger partial charge on any atom is 0.220 e. The van der Waals surface area contributed by atoms with E-state index in [9.17, 15) is 4.79 Å². The van der Waals surface area contributed by atoms with Crippen LogP contribution in [0.4, 0.5) is 0 Å². The lowest BCUT2D eigenvalue weighted by molar-refractivity contribution is -0.122. The SMILES string of the molecule is O=C(CCCn1ccnn1)NC(CCO)c1ccccc1. The average molecular weight is 288 g/mol. The molecule has 0 spiro atoms. The Kier molecular flexibility index (Phi) is 5.90. The minimum Gasteiger partial charge on any atom is -0.396 e. The Hall–Kier alpha value is -2.21. The van der Waals surface area contributed by atoms with Crippen molar-refractivity contribution in [2.75, 3.05) is 6.61 Å². The van der Waals surface area contributed by atoms with Gasteiger partial charge in [-0.15, -0.1) is 5.10 Å². The van der Waals surface area contributed by atoms with E-state index >= 15 is 0 Å². The van der Waals surface area contributed by atoms with Crippen molar-refractivity contribution in [3.8, 4) is 0 Å². The van der Waals surface area contributed by atoms with Gasteiger partial charge < -0.3 is 10.4 Å². The van der Waals surface area contributed by atoms with Crippen LogP contribution in [0.15, 0.2) is 42.7 Å². The number of aryl methyl sites for hydroxylation is 1. The number of amides is 1. The van der Waals surface area contributed by atoms with Gasteiger partial charge in [-0.3, -0.25) is 9.48 Å². The van der Waals surface area contributed by atoms with Gasteiger partial charge in [0.25, 0.3) is 0 Å². The van der Waals surface area contributed by atoms with Crippen LogP contribution in [-0.4, -0.2) is 32.6 Å². The normalized spacial score (nSPS) is 12.0. The number of aromatic nitrogens is 3. The smallest absolute Gasteiger partial charge is 0.220 e. The van der Waals surface area contributed by atoms with E-state index in [1.54, 1.807) is 17.1 Å². The van der Waals surface area contributed by atoms with E-state index in [4.69, 9.17) is 5.11 Å². The van der Waals surface area contributed by atoms with Gasteiger partial charge in [-0.05, 0) is 18.4 Å². The van der Waals surface area contributed by atoms with Crippen LogP contribution >= 0.6 is 0 Å². The molecule has 0 bridgehead atoms. The fraction of sp³-hybridized carbons (Fsp3) is 0.400. The summed E-state index contributed by atoms with van der Waals surface area (Å²) in [5.74, 6) is -0.0163. The molecular weight excluding hydrogens is 268 g/mol. The molecule has 21 heavy (non-hydrogen) atoms. The minimum absolute atomic E-state index is 0.0163. The summed E-state index contributed by atoms with van der Waals surface area (Å²) in [6, 6.07) is 9.55. The van der Waals surface area contributed by atoms with Crippen molar-refractivity contribution in [2.24, 2.45) is 0 Å². The van der Waals surface area contributed by atoms with E-state index in [0.717, 1.165) is 5.56 Å². The van der Waals surface area contributed by atoms with Crippen LogP contribution in [0.1, 0.15) is 30.9 Å². The maximum atomic E-state index is 12.0. The zero-order chi connectivity index (χ0) is 14.9. The van der Waals surface area contributed by atoms with Crippen molar-refractivity contribution < 1.29 is 9.90 Å². The van der Waals surface area contributed by atoms with Crippen molar-refractivity contribution in [2.45, 2.75) is 31.8 Å². The highest BCUT2D eigenvalue weighted by atomic mass is 16.3. The number of hydrogen-bond acceptors (Lipinski definition) is 4. The number of nitrogens with one attached hydrogen (secondary N) is 1. The van der Waals surface area contributed by atoms with Crippen molar-refractivity contribution in [3.05, 3.63) is 48.3 Å². The molecule has 0 aliphatic rings. The van der Waals surface area contributed by atoms with Crippen LogP contribution in [-0.2, 0) is 11.3 Å². The number of benzene rings is 1. The molecular formula is C15H20N4O2. The Morgan fingerprint density at radius 1 is 1.33 bits per heavy atom. The number of aliphatic hydroxyl groups is 1. The van der Waals surface area contributed by atoms with Gasteiger partial charge >= 0.3 is 0 Å². The van der Waals surface area contributed by atoms with Gasteiger partial charge in [-0.25, -0.2) is 0 Å². The summed E-state index contributed by atoms with van der Waals surface area (Å²) in [6.45, 7) is 0.711. The first-order chi connectivity index (χ1) is 10.3. The van der Waals surface area contributed by atoms with E-state index in [1.165, 1.54) is 0 Å². The van der Waals surface area contributed by atoms with Gasteiger partial charge in [0, 0.05) is 25.8 Å². The first kappa shape index (κ1) is 15.2. The van der Waals surface area contributed by atoms with Crippen LogP contribution < -0.4 is 5.32 Å². The molecule has 0 radical (unpaired) electrons. The molecule has 1 aromatic carbocycles. The van der Waals surface area contributed by atoms with Crippen LogP contribution in [0.3, 0.4) is 0 Å². The first-order valence-electron chi connectivity index (χ1n) is 7.09. The van der Waals surface area contributed by atoms with E-state index in [1.807, 2.05) is 30.3 Å². The number of nitrogens with zero attached hydrogens (tertiary/aromatic N) is 3. The zero-order valence-corrected chi connectivity index (χ0v) is 11.9. The first-order valence-corrected chi connectivity index (χ1v) is 7.09. The average Bonchev–Trinajstić information content (AvgIpc) is 3.01. The molecule has 1 unspecified atom stereocenters. The monoisotopic (exact) mass is 288 g/mol. The summed E-state index contributed by atoms with van der Waals surface area (Å²) < 4.78 is 1.70. The molecule has 112 valence electrons. The lowest BCUT2D eigenvalue weighted by Crippen LogP contribution is -2.29. The topological polar surface area (TPSA) is 80.0 Å². The fourth-order valence-corrected chi connectivity index (χ4v) is 2.16. The Balaban J connectivity index is 1.81. The second-order valence-corrected chi connectivity index (χ2v) is 4.81. The third-order valence-corrected chi connectivity index (χ3v) is 3.22. The van der Waals surface area contributed by atoms with E-state index in [0.29, 0.717) is 25.8 Å². The van der Waals surface area contributed by atoms with Crippen LogP contribution in [0.2, 0.25) is 0 Å². The lowest BCUT2D eigenvalue weighted by Gasteiger charge is -2.18. The second-order valence-electron chi connectivity index (χ2n) is 4.81. The Bertz CT molecular complexity index is 528. The summed E-state index contributed by atoms with van der Waals surface area (Å²) >= 11 is 0. The van der Waals surface area contributed by atoms with Gasteiger partial charge in [0.2, 0.25) is 5.91 Å². The van der Waals surface area contributed by atoms with Crippen molar-refractivity contribution in [1.29, 1.82) is 0 Å². The second kappa shape index (κ2) is 8.16. The zero-order valence-electron chi connectivity index (χ0n) is 11.9. The van der Waals surface area contributed by atoms with Crippen LogP contribution in [0.5, 0.6) is 0 Å². The molecule has 1 atom stereocenters. The lowest BCUT2D eigenvalue weighted by atomic mass is 10.0. The number of hydrogen-bond donors (Lipinski definition) is 2. The predicted octanol–water partition coefficient (Wildman–Crippen LogP) is 1.30. The fourth-order valence-electron chi connectivity index (χ4n) is 2.16. The third kappa shape index (κ3) is 5.00. The Morgan fingerprint density at radius 2 is 2.14 bits per heavy atom. The molecule has 2 aromatic rings. The number of aliphatic hydroxyl groups excluding tert-OH is 1. The van der Waals surface area contributed by atoms with Crippen molar-refractivity contribution >= 4 is 5.91 Å². The van der Waals surface area contributed by atoms with Crippen molar-refractivity contribution in [1.82, 2.24) is 20.3 Å². The molecule has 2 N–H and O–H groups in total. The van der Waals surface area contributed by atoms with Gasteiger partial charge in [0.05, 0.1) is 12.2 Å². The molecule has 0 saturated heterocycles. The highest BCUT2D eigenvalue weighted by Crippen LogP contribution is 2.16. The Labute approximate surface area is 123 Å². The highest BCUT2D eigenvalue weighted by Gasteiger charge is 2.13. The van der Waals surface area contributed by atoms with E-state index in [-0.39, 0.29) is 18.6 Å². The van der Waals surface area contributed by atoms with E-state index < -0.39 is 0 Å². The number of rotatable bonds is 8. The minimum atomic E-state index is -0.143. The van der Waals surface area contributed by atoms with Crippen LogP contribution in [0, 0.1) is 0 Å². The van der Waals surface area contributed by atoms with Gasteiger partial charge in [-0.1, -0.05) is 35.5 Å².